The first-order valence-electron chi connectivity index (χ1n) is 17.8. The van der Waals surface area contributed by atoms with E-state index in [9.17, 15) is 0 Å². The quantitative estimate of drug-likeness (QED) is 0.165. The highest BCUT2D eigenvalue weighted by atomic mass is 16.3. The van der Waals surface area contributed by atoms with Gasteiger partial charge in [-0.25, -0.2) is 0 Å². The van der Waals surface area contributed by atoms with Gasteiger partial charge in [0.25, 0.3) is 0 Å². The van der Waals surface area contributed by atoms with E-state index < -0.39 is 0 Å². The minimum atomic E-state index is 0.873. The van der Waals surface area contributed by atoms with E-state index in [1.165, 1.54) is 38.2 Å². The van der Waals surface area contributed by atoms with Gasteiger partial charge in [0.1, 0.15) is 11.2 Å². The van der Waals surface area contributed by atoms with Crippen molar-refractivity contribution in [3.05, 3.63) is 200 Å². The summed E-state index contributed by atoms with van der Waals surface area (Å²) in [5.41, 5.74) is 12.0. The average molecular weight is 664 g/mol. The summed E-state index contributed by atoms with van der Waals surface area (Å²) in [6.07, 6.45) is 0. The molecule has 0 aliphatic rings. The molecule has 0 bridgehead atoms. The van der Waals surface area contributed by atoms with Crippen LogP contribution in [-0.4, -0.2) is 0 Å². The van der Waals surface area contributed by atoms with Gasteiger partial charge in [0, 0.05) is 22.0 Å². The van der Waals surface area contributed by atoms with E-state index in [2.05, 4.69) is 199 Å². The van der Waals surface area contributed by atoms with Crippen LogP contribution in [0, 0.1) is 0 Å². The van der Waals surface area contributed by atoms with Crippen molar-refractivity contribution < 1.29 is 4.42 Å². The predicted octanol–water partition coefficient (Wildman–Crippen LogP) is 14.4. The molecule has 0 aliphatic heterocycles. The Morgan fingerprint density at radius 1 is 0.346 bits per heavy atom. The van der Waals surface area contributed by atoms with E-state index in [4.69, 9.17) is 4.42 Å². The van der Waals surface area contributed by atoms with Gasteiger partial charge in [0.15, 0.2) is 0 Å². The highest BCUT2D eigenvalue weighted by molar-refractivity contribution is 6.20. The molecule has 1 aromatic heterocycles. The van der Waals surface area contributed by atoms with Gasteiger partial charge in [0.2, 0.25) is 0 Å². The van der Waals surface area contributed by atoms with Crippen molar-refractivity contribution >= 4 is 60.5 Å². The molecule has 0 atom stereocenters. The Bertz CT molecular complexity index is 2890. The number of hydrogen-bond donors (Lipinski definition) is 0. The third-order valence-corrected chi connectivity index (χ3v) is 10.2. The van der Waals surface area contributed by atoms with Gasteiger partial charge < -0.3 is 9.32 Å². The maximum Gasteiger partial charge on any atom is 0.145 e. The van der Waals surface area contributed by atoms with Crippen LogP contribution in [0.15, 0.2) is 205 Å². The van der Waals surface area contributed by atoms with E-state index in [1.807, 2.05) is 6.07 Å². The van der Waals surface area contributed by atoms with Crippen LogP contribution in [0.5, 0.6) is 0 Å². The Labute approximate surface area is 302 Å². The molecule has 244 valence electrons. The molecule has 52 heavy (non-hydrogen) atoms. The van der Waals surface area contributed by atoms with Crippen LogP contribution in [0.4, 0.5) is 17.1 Å². The minimum Gasteiger partial charge on any atom is -0.455 e. The molecular formula is C50H33NO. The zero-order chi connectivity index (χ0) is 34.4. The largest absolute Gasteiger partial charge is 0.455 e. The normalized spacial score (nSPS) is 11.5. The molecule has 0 saturated heterocycles. The number of anilines is 3. The third-order valence-electron chi connectivity index (χ3n) is 10.2. The highest BCUT2D eigenvalue weighted by Crippen LogP contribution is 2.49. The standard InChI is InChI=1S/C50H33NO/c1-3-14-34(15-4-1)35-26-28-36(29-27-35)38-19-13-20-40(32-38)51(47-33-39-18-7-8-21-41(39)43-22-9-10-23-44(43)47)46-31-30-42(37-16-5-2-6-17-37)50-49(46)45-24-11-12-25-48(45)52-50/h1-33H. The number of rotatable bonds is 6. The Morgan fingerprint density at radius 2 is 0.923 bits per heavy atom. The van der Waals surface area contributed by atoms with Crippen molar-refractivity contribution in [2.75, 3.05) is 4.90 Å². The van der Waals surface area contributed by atoms with Gasteiger partial charge in [-0.2, -0.15) is 0 Å². The molecule has 0 spiro atoms. The van der Waals surface area contributed by atoms with Crippen LogP contribution < -0.4 is 4.90 Å². The zero-order valence-corrected chi connectivity index (χ0v) is 28.4. The minimum absolute atomic E-state index is 0.873. The number of para-hydroxylation sites is 1. The van der Waals surface area contributed by atoms with Crippen LogP contribution in [0.1, 0.15) is 0 Å². The lowest BCUT2D eigenvalue weighted by atomic mass is 9.96. The summed E-state index contributed by atoms with van der Waals surface area (Å²) >= 11 is 0. The maximum atomic E-state index is 6.77. The van der Waals surface area contributed by atoms with Crippen molar-refractivity contribution in [3.8, 4) is 33.4 Å². The van der Waals surface area contributed by atoms with Gasteiger partial charge in [-0.15, -0.1) is 0 Å². The second-order valence-corrected chi connectivity index (χ2v) is 13.3. The number of furan rings is 1. The SMILES string of the molecule is c1ccc(-c2ccc(-c3cccc(N(c4cc5ccccc5c5ccccc45)c4ccc(-c5ccccc5)c5oc6ccccc6c45)c3)cc2)cc1. The van der Waals surface area contributed by atoms with Crippen LogP contribution in [0.3, 0.4) is 0 Å². The maximum absolute atomic E-state index is 6.77. The summed E-state index contributed by atoms with van der Waals surface area (Å²) in [6.45, 7) is 0. The lowest BCUT2D eigenvalue weighted by molar-refractivity contribution is 0.670. The van der Waals surface area contributed by atoms with Gasteiger partial charge in [0.05, 0.1) is 16.8 Å². The number of nitrogens with zero attached hydrogens (tertiary/aromatic N) is 1. The topological polar surface area (TPSA) is 16.4 Å². The van der Waals surface area contributed by atoms with Crippen LogP contribution >= 0.6 is 0 Å². The predicted molar refractivity (Wildman–Crippen MR) is 220 cm³/mol. The Hall–Kier alpha value is -6.90. The Morgan fingerprint density at radius 3 is 1.69 bits per heavy atom. The number of fused-ring (bicyclic) bond motifs is 6. The molecule has 0 fully saturated rings. The first-order valence-corrected chi connectivity index (χ1v) is 17.8. The molecule has 2 nitrogen and oxygen atoms in total. The van der Waals surface area contributed by atoms with Crippen molar-refractivity contribution in [1.82, 2.24) is 0 Å². The number of benzene rings is 9. The van der Waals surface area contributed by atoms with Crippen LogP contribution in [0.2, 0.25) is 0 Å². The van der Waals surface area contributed by atoms with E-state index in [1.54, 1.807) is 0 Å². The summed E-state index contributed by atoms with van der Waals surface area (Å²) in [7, 11) is 0. The van der Waals surface area contributed by atoms with Crippen molar-refractivity contribution in [1.29, 1.82) is 0 Å². The van der Waals surface area contributed by atoms with Crippen LogP contribution in [0.25, 0.3) is 76.9 Å². The molecule has 0 N–H and O–H groups in total. The molecule has 0 saturated carbocycles. The fraction of sp³-hybridized carbons (Fsp3) is 0. The fourth-order valence-corrected chi connectivity index (χ4v) is 7.78. The summed E-state index contributed by atoms with van der Waals surface area (Å²) in [6, 6.07) is 71.6. The molecule has 0 unspecified atom stereocenters. The molecule has 0 radical (unpaired) electrons. The highest BCUT2D eigenvalue weighted by Gasteiger charge is 2.24. The van der Waals surface area contributed by atoms with E-state index >= 15 is 0 Å². The lowest BCUT2D eigenvalue weighted by Crippen LogP contribution is -2.11. The summed E-state index contributed by atoms with van der Waals surface area (Å²) < 4.78 is 6.77. The van der Waals surface area contributed by atoms with Crippen molar-refractivity contribution in [2.45, 2.75) is 0 Å². The molecule has 1 heterocycles. The van der Waals surface area contributed by atoms with Crippen molar-refractivity contribution in [2.24, 2.45) is 0 Å². The smallest absolute Gasteiger partial charge is 0.145 e. The third kappa shape index (κ3) is 5.04. The summed E-state index contributed by atoms with van der Waals surface area (Å²) in [5, 5.41) is 7.03. The first kappa shape index (κ1) is 30.0. The molecule has 10 rings (SSSR count). The molecule has 9 aromatic carbocycles. The molecule has 2 heteroatoms. The summed E-state index contributed by atoms with van der Waals surface area (Å²) in [5.74, 6) is 0. The Kier molecular flexibility index (Phi) is 7.18. The zero-order valence-electron chi connectivity index (χ0n) is 28.4. The van der Waals surface area contributed by atoms with Gasteiger partial charge in [-0.05, 0) is 80.4 Å². The average Bonchev–Trinajstić information content (AvgIpc) is 3.62. The molecule has 0 aliphatic carbocycles. The number of hydrogen-bond acceptors (Lipinski definition) is 2. The van der Waals surface area contributed by atoms with Gasteiger partial charge >= 0.3 is 0 Å². The monoisotopic (exact) mass is 663 g/mol. The molecule has 10 aromatic rings. The van der Waals surface area contributed by atoms with Crippen molar-refractivity contribution in [3.63, 3.8) is 0 Å². The molecular weight excluding hydrogens is 631 g/mol. The Balaban J connectivity index is 1.24. The van der Waals surface area contributed by atoms with E-state index in [0.717, 1.165) is 55.7 Å². The van der Waals surface area contributed by atoms with E-state index in [-0.39, 0.29) is 0 Å². The summed E-state index contributed by atoms with van der Waals surface area (Å²) in [4.78, 5) is 2.44. The lowest BCUT2D eigenvalue weighted by Gasteiger charge is -2.29. The second kappa shape index (κ2) is 12.5. The fourth-order valence-electron chi connectivity index (χ4n) is 7.78. The van der Waals surface area contributed by atoms with Crippen LogP contribution in [-0.2, 0) is 0 Å². The molecule has 0 amide bonds. The second-order valence-electron chi connectivity index (χ2n) is 13.3. The van der Waals surface area contributed by atoms with Gasteiger partial charge in [-0.3, -0.25) is 0 Å². The van der Waals surface area contributed by atoms with Gasteiger partial charge in [-0.1, -0.05) is 164 Å². The van der Waals surface area contributed by atoms with E-state index in [0.29, 0.717) is 0 Å². The first-order chi connectivity index (χ1) is 25.8.